The summed E-state index contributed by atoms with van der Waals surface area (Å²) >= 11 is 7.59. The minimum Gasteiger partial charge on any atom is -0.326 e. The van der Waals surface area contributed by atoms with E-state index in [1.807, 2.05) is 0 Å². The first-order valence-corrected chi connectivity index (χ1v) is 10.6. The first kappa shape index (κ1) is 21.8. The number of nitrogens with zero attached hydrogens (tertiary/aromatic N) is 1. The Bertz CT molecular complexity index is 1060. The van der Waals surface area contributed by atoms with E-state index in [9.17, 15) is 14.0 Å². The van der Waals surface area contributed by atoms with Gasteiger partial charge in [-0.25, -0.2) is 9.37 Å². The van der Waals surface area contributed by atoms with Crippen LogP contribution in [0.15, 0.2) is 65.8 Å². The number of rotatable bonds is 7. The molecule has 3 aromatic rings. The van der Waals surface area contributed by atoms with Crippen molar-refractivity contribution in [1.29, 1.82) is 0 Å². The van der Waals surface area contributed by atoms with Crippen molar-refractivity contribution in [1.82, 2.24) is 4.98 Å². The molecule has 0 aliphatic rings. The van der Waals surface area contributed by atoms with E-state index in [2.05, 4.69) is 15.6 Å². The third-order valence-electron chi connectivity index (χ3n) is 4.12. The van der Waals surface area contributed by atoms with Gasteiger partial charge < -0.3 is 10.6 Å². The molecule has 0 unspecified atom stereocenters. The van der Waals surface area contributed by atoms with Crippen LogP contribution in [0.25, 0.3) is 0 Å². The second-order valence-electron chi connectivity index (χ2n) is 6.32. The predicted molar refractivity (Wildman–Crippen MR) is 119 cm³/mol. The van der Waals surface area contributed by atoms with Gasteiger partial charge in [0.1, 0.15) is 10.8 Å². The summed E-state index contributed by atoms with van der Waals surface area (Å²) < 4.78 is 13.1. The average Bonchev–Trinajstić information content (AvgIpc) is 2.75. The molecular weight excluding hydrogens is 425 g/mol. The fourth-order valence-electron chi connectivity index (χ4n) is 2.55. The molecule has 154 valence electrons. The minimum absolute atomic E-state index is 0.138. The van der Waals surface area contributed by atoms with Gasteiger partial charge in [0.05, 0.1) is 16.3 Å². The number of halogens is 2. The van der Waals surface area contributed by atoms with Crippen LogP contribution < -0.4 is 10.6 Å². The number of carbonyl (C=O) groups excluding carboxylic acids is 2. The Labute approximate surface area is 183 Å². The van der Waals surface area contributed by atoms with E-state index < -0.39 is 0 Å². The molecule has 8 heteroatoms. The van der Waals surface area contributed by atoms with Crippen LogP contribution in [-0.2, 0) is 10.5 Å². The summed E-state index contributed by atoms with van der Waals surface area (Å²) in [7, 11) is 0. The van der Waals surface area contributed by atoms with E-state index in [4.69, 9.17) is 11.6 Å². The van der Waals surface area contributed by atoms with Gasteiger partial charge in [0.25, 0.3) is 5.91 Å². The number of carbonyl (C=O) groups is 2. The standard InChI is InChI=1S/C22H19ClFN3O2S/c1-2-20(28)26-16-9-10-18(23)19(12-16)27-21(29)17-4-3-11-25-22(17)30-13-14-5-7-15(24)8-6-14/h3-12H,2,13H2,1H3,(H,26,28)(H,27,29). The molecular formula is C22H19ClFN3O2S. The zero-order valence-electron chi connectivity index (χ0n) is 16.1. The van der Waals surface area contributed by atoms with Gasteiger partial charge in [-0.2, -0.15) is 0 Å². The van der Waals surface area contributed by atoms with Crippen LogP contribution in [-0.4, -0.2) is 16.8 Å². The van der Waals surface area contributed by atoms with Crippen LogP contribution in [0, 0.1) is 5.82 Å². The number of pyridine rings is 1. The smallest absolute Gasteiger partial charge is 0.258 e. The molecule has 2 N–H and O–H groups in total. The summed E-state index contributed by atoms with van der Waals surface area (Å²) in [4.78, 5) is 28.8. The molecule has 0 aliphatic heterocycles. The topological polar surface area (TPSA) is 71.1 Å². The third kappa shape index (κ3) is 5.81. The molecule has 0 aliphatic carbocycles. The maximum atomic E-state index is 13.1. The Morgan fingerprint density at radius 2 is 1.87 bits per heavy atom. The lowest BCUT2D eigenvalue weighted by Gasteiger charge is -2.12. The highest BCUT2D eigenvalue weighted by molar-refractivity contribution is 7.98. The van der Waals surface area contributed by atoms with E-state index in [0.29, 0.717) is 39.2 Å². The molecule has 2 aromatic carbocycles. The first-order chi connectivity index (χ1) is 14.5. The number of benzene rings is 2. The number of nitrogens with one attached hydrogen (secondary N) is 2. The minimum atomic E-state index is -0.370. The van der Waals surface area contributed by atoms with Crippen LogP contribution in [0.5, 0.6) is 0 Å². The Morgan fingerprint density at radius 3 is 2.60 bits per heavy atom. The van der Waals surface area contributed by atoms with Gasteiger partial charge in [-0.15, -0.1) is 11.8 Å². The van der Waals surface area contributed by atoms with Crippen LogP contribution in [0.1, 0.15) is 29.3 Å². The normalized spacial score (nSPS) is 10.5. The van der Waals surface area contributed by atoms with E-state index in [-0.39, 0.29) is 17.6 Å². The van der Waals surface area contributed by atoms with Crippen molar-refractivity contribution in [3.63, 3.8) is 0 Å². The number of hydrogen-bond donors (Lipinski definition) is 2. The van der Waals surface area contributed by atoms with Crippen molar-refractivity contribution in [2.45, 2.75) is 24.1 Å². The summed E-state index contributed by atoms with van der Waals surface area (Å²) in [6.45, 7) is 1.75. The van der Waals surface area contributed by atoms with Crippen molar-refractivity contribution in [2.75, 3.05) is 10.6 Å². The molecule has 1 aromatic heterocycles. The molecule has 0 atom stereocenters. The van der Waals surface area contributed by atoms with Gasteiger partial charge >= 0.3 is 0 Å². The number of aromatic nitrogens is 1. The summed E-state index contributed by atoms with van der Waals surface area (Å²) in [5, 5.41) is 6.41. The summed E-state index contributed by atoms with van der Waals surface area (Å²) in [6.07, 6.45) is 1.95. The highest BCUT2D eigenvalue weighted by Crippen LogP contribution is 2.28. The highest BCUT2D eigenvalue weighted by atomic mass is 35.5. The summed E-state index contributed by atoms with van der Waals surface area (Å²) in [5.41, 5.74) is 2.23. The molecule has 1 heterocycles. The molecule has 0 spiro atoms. The molecule has 0 saturated heterocycles. The van der Waals surface area contributed by atoms with Gasteiger partial charge in [-0.1, -0.05) is 30.7 Å². The van der Waals surface area contributed by atoms with Crippen LogP contribution in [0.3, 0.4) is 0 Å². The summed E-state index contributed by atoms with van der Waals surface area (Å²) in [5.74, 6) is -0.264. The van der Waals surface area contributed by atoms with Crippen molar-refractivity contribution >= 4 is 46.6 Å². The molecule has 0 radical (unpaired) electrons. The Kier molecular flexibility index (Phi) is 7.43. The number of anilines is 2. The largest absolute Gasteiger partial charge is 0.326 e. The second kappa shape index (κ2) is 10.2. The van der Waals surface area contributed by atoms with Crippen LogP contribution in [0.2, 0.25) is 5.02 Å². The zero-order valence-corrected chi connectivity index (χ0v) is 17.7. The fourth-order valence-corrected chi connectivity index (χ4v) is 3.66. The molecule has 3 rings (SSSR count). The molecule has 30 heavy (non-hydrogen) atoms. The Hall–Kier alpha value is -2.90. The molecule has 5 nitrogen and oxygen atoms in total. The lowest BCUT2D eigenvalue weighted by Crippen LogP contribution is -2.15. The number of hydrogen-bond acceptors (Lipinski definition) is 4. The molecule has 2 amide bonds. The van der Waals surface area contributed by atoms with Gasteiger partial charge in [-0.3, -0.25) is 9.59 Å². The van der Waals surface area contributed by atoms with E-state index in [1.54, 1.807) is 55.6 Å². The van der Waals surface area contributed by atoms with Crippen molar-refractivity contribution in [2.24, 2.45) is 0 Å². The highest BCUT2D eigenvalue weighted by Gasteiger charge is 2.15. The third-order valence-corrected chi connectivity index (χ3v) is 5.53. The number of amides is 2. The Morgan fingerprint density at radius 1 is 1.10 bits per heavy atom. The average molecular weight is 444 g/mol. The van der Waals surface area contributed by atoms with E-state index >= 15 is 0 Å². The van der Waals surface area contributed by atoms with Crippen LogP contribution >= 0.6 is 23.4 Å². The SMILES string of the molecule is CCC(=O)Nc1ccc(Cl)c(NC(=O)c2cccnc2SCc2ccc(F)cc2)c1. The van der Waals surface area contributed by atoms with Gasteiger partial charge in [0.15, 0.2) is 0 Å². The predicted octanol–water partition coefficient (Wildman–Crippen LogP) is 5.77. The zero-order chi connectivity index (χ0) is 21.5. The van der Waals surface area contributed by atoms with Crippen LogP contribution in [0.4, 0.5) is 15.8 Å². The first-order valence-electron chi connectivity index (χ1n) is 9.19. The van der Waals surface area contributed by atoms with Gasteiger partial charge in [0.2, 0.25) is 5.91 Å². The molecule has 0 saturated carbocycles. The maximum absolute atomic E-state index is 13.1. The molecule has 0 fully saturated rings. The second-order valence-corrected chi connectivity index (χ2v) is 7.69. The lowest BCUT2D eigenvalue weighted by molar-refractivity contribution is -0.115. The molecule has 0 bridgehead atoms. The van der Waals surface area contributed by atoms with Crippen molar-refractivity contribution < 1.29 is 14.0 Å². The van der Waals surface area contributed by atoms with Gasteiger partial charge in [0, 0.05) is 24.1 Å². The summed E-state index contributed by atoms with van der Waals surface area (Å²) in [6, 6.07) is 14.4. The van der Waals surface area contributed by atoms with E-state index in [0.717, 1.165) is 5.56 Å². The maximum Gasteiger partial charge on any atom is 0.258 e. The fraction of sp³-hybridized carbons (Fsp3) is 0.136. The van der Waals surface area contributed by atoms with Crippen molar-refractivity contribution in [3.05, 3.63) is 82.8 Å². The van der Waals surface area contributed by atoms with Gasteiger partial charge in [-0.05, 0) is 48.0 Å². The Balaban J connectivity index is 1.75. The number of thioether (sulfide) groups is 1. The monoisotopic (exact) mass is 443 g/mol. The van der Waals surface area contributed by atoms with Crippen molar-refractivity contribution in [3.8, 4) is 0 Å². The lowest BCUT2D eigenvalue weighted by atomic mass is 10.2. The quantitative estimate of drug-likeness (QED) is 0.455. The van der Waals surface area contributed by atoms with E-state index in [1.165, 1.54) is 23.9 Å².